The fourth-order valence-electron chi connectivity index (χ4n) is 4.97. The Bertz CT molecular complexity index is 1320. The monoisotopic (exact) mass is 606 g/mol. The van der Waals surface area contributed by atoms with Crippen molar-refractivity contribution in [2.75, 3.05) is 13.2 Å². The molecule has 3 aromatic rings. The average Bonchev–Trinajstić information content (AvgIpc) is 3.01. The summed E-state index contributed by atoms with van der Waals surface area (Å²) in [6.45, 7) is 5.59. The van der Waals surface area contributed by atoms with Gasteiger partial charge in [0.15, 0.2) is 12.4 Å². The van der Waals surface area contributed by atoms with Gasteiger partial charge in [0, 0.05) is 17.4 Å². The van der Waals surface area contributed by atoms with Crippen molar-refractivity contribution in [3.63, 3.8) is 0 Å². The summed E-state index contributed by atoms with van der Waals surface area (Å²) in [4.78, 5) is 26.0. The Kier molecular flexibility index (Phi) is 10.5. The van der Waals surface area contributed by atoms with E-state index in [-0.39, 0.29) is 13.2 Å². The van der Waals surface area contributed by atoms with E-state index < -0.39 is 53.5 Å². The Morgan fingerprint density at radius 2 is 1.53 bits per heavy atom. The number of carbonyl (C=O) groups is 2. The summed E-state index contributed by atoms with van der Waals surface area (Å²) in [5.41, 5.74) is 0.333. The number of thioether (sulfide) groups is 1. The molecule has 0 bridgehead atoms. The molecule has 0 aliphatic carbocycles. The van der Waals surface area contributed by atoms with Crippen LogP contribution in [0, 0.1) is 5.41 Å². The summed E-state index contributed by atoms with van der Waals surface area (Å²) in [7, 11) is 0. The third kappa shape index (κ3) is 8.25. The van der Waals surface area contributed by atoms with Crippen molar-refractivity contribution in [3.8, 4) is 0 Å². The number of benzene rings is 3. The van der Waals surface area contributed by atoms with E-state index in [0.717, 1.165) is 16.0 Å². The Hall–Kier alpha value is -3.21. The van der Waals surface area contributed by atoms with Crippen LogP contribution in [-0.2, 0) is 44.6 Å². The van der Waals surface area contributed by atoms with Crippen molar-refractivity contribution in [3.05, 3.63) is 102 Å². The predicted molar refractivity (Wildman–Crippen MR) is 161 cm³/mol. The van der Waals surface area contributed by atoms with E-state index in [1.165, 1.54) is 18.7 Å². The molecule has 0 N–H and O–H groups in total. The van der Waals surface area contributed by atoms with Gasteiger partial charge in [0.2, 0.25) is 0 Å². The van der Waals surface area contributed by atoms with E-state index in [1.54, 1.807) is 13.8 Å². The van der Waals surface area contributed by atoms with Crippen LogP contribution in [0.4, 0.5) is 0 Å². The number of esters is 2. The molecule has 43 heavy (non-hydrogen) atoms. The zero-order valence-corrected chi connectivity index (χ0v) is 25.4. The summed E-state index contributed by atoms with van der Waals surface area (Å²) >= 11 is 1.47. The molecule has 0 saturated carbocycles. The highest BCUT2D eigenvalue weighted by atomic mass is 32.2. The van der Waals surface area contributed by atoms with Gasteiger partial charge in [-0.3, -0.25) is 9.59 Å². The summed E-state index contributed by atoms with van der Waals surface area (Å²) in [6.07, 6.45) is -2.82. The lowest BCUT2D eigenvalue weighted by Crippen LogP contribution is -2.63. The Labute approximate surface area is 257 Å². The van der Waals surface area contributed by atoms with Crippen LogP contribution in [0.5, 0.6) is 0 Å². The molecule has 0 spiro atoms. The van der Waals surface area contributed by atoms with Gasteiger partial charge < -0.3 is 28.4 Å². The zero-order valence-electron chi connectivity index (χ0n) is 24.6. The summed E-state index contributed by atoms with van der Waals surface area (Å²) in [5.74, 6) is -0.834. The van der Waals surface area contributed by atoms with Crippen LogP contribution in [0.15, 0.2) is 95.9 Å². The Balaban J connectivity index is 1.44. The number of hydrogen-bond acceptors (Lipinski definition) is 9. The fourth-order valence-corrected chi connectivity index (χ4v) is 6.10. The van der Waals surface area contributed by atoms with E-state index in [4.69, 9.17) is 28.4 Å². The topological polar surface area (TPSA) is 89.5 Å². The minimum atomic E-state index is -0.929. The highest BCUT2D eigenvalue weighted by molar-refractivity contribution is 7.99. The van der Waals surface area contributed by atoms with Crippen molar-refractivity contribution < 1.29 is 38.0 Å². The number of rotatable bonds is 11. The van der Waals surface area contributed by atoms with Crippen LogP contribution in [0.2, 0.25) is 0 Å². The third-order valence-corrected chi connectivity index (χ3v) is 8.62. The number of carbonyl (C=O) groups excluding carboxylic acids is 2. The van der Waals surface area contributed by atoms with Gasteiger partial charge in [-0.15, -0.1) is 0 Å². The SMILES string of the molecule is CC(=O)OCCC(C)(C)C(=O)OC1C(OCc2ccccc2)[C@@H]2OC(c3ccccc3)OCC2O[C@H]1Sc1ccccc1. The van der Waals surface area contributed by atoms with Crippen LogP contribution < -0.4 is 0 Å². The summed E-state index contributed by atoms with van der Waals surface area (Å²) < 4.78 is 37.3. The van der Waals surface area contributed by atoms with E-state index in [2.05, 4.69) is 0 Å². The quantitative estimate of drug-likeness (QED) is 0.241. The highest BCUT2D eigenvalue weighted by Crippen LogP contribution is 2.42. The lowest BCUT2D eigenvalue weighted by molar-refractivity contribution is -0.326. The lowest BCUT2D eigenvalue weighted by Gasteiger charge is -2.49. The maximum Gasteiger partial charge on any atom is 0.312 e. The van der Waals surface area contributed by atoms with Crippen LogP contribution in [0.25, 0.3) is 0 Å². The predicted octanol–water partition coefficient (Wildman–Crippen LogP) is 6.09. The van der Waals surface area contributed by atoms with Crippen molar-refractivity contribution in [1.29, 1.82) is 0 Å². The molecule has 3 aromatic carbocycles. The smallest absolute Gasteiger partial charge is 0.312 e. The van der Waals surface area contributed by atoms with E-state index >= 15 is 0 Å². The molecule has 5 rings (SSSR count). The molecule has 2 saturated heterocycles. The van der Waals surface area contributed by atoms with E-state index in [9.17, 15) is 9.59 Å². The minimum Gasteiger partial charge on any atom is -0.466 e. The molecule has 228 valence electrons. The minimum absolute atomic E-state index is 0.110. The van der Waals surface area contributed by atoms with Gasteiger partial charge in [-0.2, -0.15) is 0 Å². The molecule has 0 aromatic heterocycles. The lowest BCUT2D eigenvalue weighted by atomic mass is 9.89. The first-order valence-electron chi connectivity index (χ1n) is 14.5. The molecule has 2 aliphatic rings. The van der Waals surface area contributed by atoms with E-state index in [1.807, 2.05) is 91.0 Å². The first kappa shape index (κ1) is 31.2. The molecule has 9 heteroatoms. The number of ether oxygens (including phenoxy) is 6. The summed E-state index contributed by atoms with van der Waals surface area (Å²) in [6, 6.07) is 29.4. The van der Waals surface area contributed by atoms with E-state index in [0.29, 0.717) is 13.0 Å². The maximum absolute atomic E-state index is 13.7. The third-order valence-electron chi connectivity index (χ3n) is 7.46. The first-order valence-corrected chi connectivity index (χ1v) is 15.4. The highest BCUT2D eigenvalue weighted by Gasteiger charge is 2.53. The molecular weight excluding hydrogens is 568 g/mol. The largest absolute Gasteiger partial charge is 0.466 e. The van der Waals surface area contributed by atoms with Crippen LogP contribution >= 0.6 is 11.8 Å². The molecule has 4 unspecified atom stereocenters. The van der Waals surface area contributed by atoms with Gasteiger partial charge in [0.25, 0.3) is 0 Å². The van der Waals surface area contributed by atoms with Gasteiger partial charge in [0.1, 0.15) is 23.7 Å². The second-order valence-corrected chi connectivity index (χ2v) is 12.4. The standard InChI is InChI=1S/C34H38O8S/c1-23(35)37-20-19-34(2,3)33(36)42-30-29(38-21-24-13-7-4-8-14-24)28-27(40-32(30)43-26-17-11-6-12-18-26)22-39-31(41-28)25-15-9-5-10-16-25/h4-18,27-32H,19-22H2,1-3H3/t27?,28-,29?,30?,31?,32+/m1/s1. The second kappa shape index (κ2) is 14.5. The normalized spacial score (nSPS) is 25.4. The van der Waals surface area contributed by atoms with Gasteiger partial charge >= 0.3 is 11.9 Å². The average molecular weight is 607 g/mol. The molecule has 8 nitrogen and oxygen atoms in total. The second-order valence-electron chi connectivity index (χ2n) is 11.3. The van der Waals surface area contributed by atoms with Crippen molar-refractivity contribution in [2.24, 2.45) is 5.41 Å². The molecule has 0 radical (unpaired) electrons. The van der Waals surface area contributed by atoms with Gasteiger partial charge in [-0.1, -0.05) is 90.6 Å². The number of fused-ring (bicyclic) bond motifs is 1. The molecule has 2 fully saturated rings. The molecule has 0 amide bonds. The molecule has 6 atom stereocenters. The van der Waals surface area contributed by atoms with Crippen molar-refractivity contribution in [1.82, 2.24) is 0 Å². The molecular formula is C34H38O8S. The Morgan fingerprint density at radius 1 is 0.884 bits per heavy atom. The zero-order chi connectivity index (χ0) is 30.2. The van der Waals surface area contributed by atoms with Crippen LogP contribution in [0.3, 0.4) is 0 Å². The van der Waals surface area contributed by atoms with Gasteiger partial charge in [0.05, 0.1) is 25.2 Å². The van der Waals surface area contributed by atoms with Gasteiger partial charge in [-0.25, -0.2) is 0 Å². The van der Waals surface area contributed by atoms with Crippen molar-refractivity contribution in [2.45, 2.75) is 74.8 Å². The summed E-state index contributed by atoms with van der Waals surface area (Å²) in [5, 5.41) is 0. The Morgan fingerprint density at radius 3 is 2.21 bits per heavy atom. The molecule has 2 aliphatic heterocycles. The number of hydrogen-bond donors (Lipinski definition) is 0. The van der Waals surface area contributed by atoms with Crippen LogP contribution in [-0.4, -0.2) is 55.0 Å². The maximum atomic E-state index is 13.7. The molecule has 2 heterocycles. The van der Waals surface area contributed by atoms with Gasteiger partial charge in [-0.05, 0) is 38.0 Å². The first-order chi connectivity index (χ1) is 20.8. The fraction of sp³-hybridized carbons (Fsp3) is 0.412. The van der Waals surface area contributed by atoms with Crippen LogP contribution in [0.1, 0.15) is 44.6 Å². The van der Waals surface area contributed by atoms with Crippen molar-refractivity contribution >= 4 is 23.7 Å².